The van der Waals surface area contributed by atoms with Crippen molar-refractivity contribution in [1.29, 1.82) is 0 Å². The minimum atomic E-state index is -2.96. The molecule has 1 aliphatic rings. The van der Waals surface area contributed by atoms with Gasteiger partial charge in [0.1, 0.15) is 9.84 Å². The van der Waals surface area contributed by atoms with Crippen molar-refractivity contribution >= 4 is 9.84 Å². The maximum atomic E-state index is 11.2. The van der Waals surface area contributed by atoms with E-state index in [1.807, 2.05) is 0 Å². The monoisotopic (exact) mass is 279 g/mol. The molecule has 0 bridgehead atoms. The minimum absolute atomic E-state index is 0.0482. The highest BCUT2D eigenvalue weighted by atomic mass is 32.2. The van der Waals surface area contributed by atoms with E-state index in [2.05, 4.69) is 24.2 Å². The zero-order valence-electron chi connectivity index (χ0n) is 11.4. The molecule has 0 saturated carbocycles. The van der Waals surface area contributed by atoms with E-state index in [9.17, 15) is 8.42 Å². The van der Waals surface area contributed by atoms with Gasteiger partial charge in [-0.15, -0.1) is 0 Å². The summed E-state index contributed by atoms with van der Waals surface area (Å²) in [5, 5.41) is 0. The maximum absolute atomic E-state index is 11.2. The fourth-order valence-corrected chi connectivity index (χ4v) is 2.81. The number of rotatable bonds is 6. The standard InChI is InChI=1S/C11H25N3O3S/c1-9(2)14-5-6-17-11(8-14)10(13-12)4-7-18(3,15)16/h9-11,13H,4-8,12H2,1-3H3. The molecule has 0 aromatic rings. The third-order valence-electron chi connectivity index (χ3n) is 3.32. The molecule has 0 amide bonds. The molecule has 2 atom stereocenters. The SMILES string of the molecule is CC(C)N1CCOC(C(CCS(C)(=O)=O)NN)C1. The van der Waals surface area contributed by atoms with Crippen LogP contribution < -0.4 is 11.3 Å². The van der Waals surface area contributed by atoms with Crippen molar-refractivity contribution in [3.05, 3.63) is 0 Å². The molecule has 1 heterocycles. The van der Waals surface area contributed by atoms with Gasteiger partial charge in [-0.3, -0.25) is 16.2 Å². The highest BCUT2D eigenvalue weighted by Gasteiger charge is 2.29. The van der Waals surface area contributed by atoms with Crippen LogP contribution in [0.4, 0.5) is 0 Å². The van der Waals surface area contributed by atoms with E-state index in [-0.39, 0.29) is 17.9 Å². The van der Waals surface area contributed by atoms with Crippen LogP contribution in [-0.4, -0.2) is 63.2 Å². The molecule has 1 rings (SSSR count). The third kappa shape index (κ3) is 5.19. The molecule has 1 fully saturated rings. The first-order valence-corrected chi connectivity index (χ1v) is 8.39. The van der Waals surface area contributed by atoms with Gasteiger partial charge < -0.3 is 4.74 Å². The summed E-state index contributed by atoms with van der Waals surface area (Å²) in [6.45, 7) is 6.65. The summed E-state index contributed by atoms with van der Waals surface area (Å²) in [6.07, 6.45) is 1.67. The maximum Gasteiger partial charge on any atom is 0.147 e. The lowest BCUT2D eigenvalue weighted by Crippen LogP contribution is -2.55. The van der Waals surface area contributed by atoms with E-state index in [0.29, 0.717) is 19.1 Å². The van der Waals surface area contributed by atoms with Gasteiger partial charge in [-0.1, -0.05) is 0 Å². The molecule has 1 saturated heterocycles. The molecule has 0 aromatic carbocycles. The van der Waals surface area contributed by atoms with Crippen molar-refractivity contribution in [2.45, 2.75) is 38.5 Å². The summed E-state index contributed by atoms with van der Waals surface area (Å²) in [4.78, 5) is 2.32. The van der Waals surface area contributed by atoms with Crippen LogP contribution in [-0.2, 0) is 14.6 Å². The molecule has 2 unspecified atom stereocenters. The third-order valence-corrected chi connectivity index (χ3v) is 4.29. The average molecular weight is 279 g/mol. The summed E-state index contributed by atoms with van der Waals surface area (Å²) < 4.78 is 28.1. The fourth-order valence-electron chi connectivity index (χ4n) is 2.13. The zero-order valence-corrected chi connectivity index (χ0v) is 12.2. The lowest BCUT2D eigenvalue weighted by Gasteiger charge is -2.38. The number of nitrogens with zero attached hydrogens (tertiary/aromatic N) is 1. The normalized spacial score (nSPS) is 24.4. The zero-order chi connectivity index (χ0) is 13.8. The highest BCUT2D eigenvalue weighted by molar-refractivity contribution is 7.90. The van der Waals surface area contributed by atoms with Crippen molar-refractivity contribution in [1.82, 2.24) is 10.3 Å². The predicted octanol–water partition coefficient (Wildman–Crippen LogP) is -0.638. The van der Waals surface area contributed by atoms with Gasteiger partial charge in [-0.25, -0.2) is 8.42 Å². The van der Waals surface area contributed by atoms with Crippen LogP contribution in [0, 0.1) is 0 Å². The van der Waals surface area contributed by atoms with E-state index < -0.39 is 9.84 Å². The number of hydrogen-bond acceptors (Lipinski definition) is 6. The number of sulfone groups is 1. The summed E-state index contributed by atoms with van der Waals surface area (Å²) in [7, 11) is -2.96. The number of morpholine rings is 1. The van der Waals surface area contributed by atoms with E-state index >= 15 is 0 Å². The summed E-state index contributed by atoms with van der Waals surface area (Å²) in [6, 6.07) is 0.339. The fraction of sp³-hybridized carbons (Fsp3) is 1.00. The molecule has 18 heavy (non-hydrogen) atoms. The Morgan fingerprint density at radius 3 is 2.67 bits per heavy atom. The molecular formula is C11H25N3O3S. The summed E-state index contributed by atoms with van der Waals surface area (Å²) in [5.41, 5.74) is 2.69. The number of nitrogens with two attached hydrogens (primary N) is 1. The van der Waals surface area contributed by atoms with Gasteiger partial charge in [-0.2, -0.15) is 0 Å². The Morgan fingerprint density at radius 2 is 2.17 bits per heavy atom. The summed E-state index contributed by atoms with van der Waals surface area (Å²) >= 11 is 0. The molecule has 0 radical (unpaired) electrons. The molecule has 0 aromatic heterocycles. The first-order chi connectivity index (χ1) is 8.33. The molecule has 0 spiro atoms. The van der Waals surface area contributed by atoms with Crippen LogP contribution in [0.15, 0.2) is 0 Å². The lowest BCUT2D eigenvalue weighted by molar-refractivity contribution is -0.0557. The Kier molecular flexibility index (Phi) is 6.00. The Balaban J connectivity index is 2.53. The second-order valence-electron chi connectivity index (χ2n) is 5.19. The van der Waals surface area contributed by atoms with Gasteiger partial charge in [0.2, 0.25) is 0 Å². The molecule has 3 N–H and O–H groups in total. The van der Waals surface area contributed by atoms with Crippen molar-refractivity contribution < 1.29 is 13.2 Å². The van der Waals surface area contributed by atoms with E-state index in [1.165, 1.54) is 6.26 Å². The Hall–Kier alpha value is -0.210. The van der Waals surface area contributed by atoms with Crippen molar-refractivity contribution in [3.63, 3.8) is 0 Å². The van der Waals surface area contributed by atoms with Crippen LogP contribution in [0.25, 0.3) is 0 Å². The smallest absolute Gasteiger partial charge is 0.147 e. The van der Waals surface area contributed by atoms with E-state index in [1.54, 1.807) is 0 Å². The van der Waals surface area contributed by atoms with Gasteiger partial charge in [0.05, 0.1) is 18.5 Å². The largest absolute Gasteiger partial charge is 0.374 e. The van der Waals surface area contributed by atoms with Gasteiger partial charge >= 0.3 is 0 Å². The van der Waals surface area contributed by atoms with Gasteiger partial charge in [0.15, 0.2) is 0 Å². The molecule has 108 valence electrons. The molecule has 0 aliphatic carbocycles. The average Bonchev–Trinajstić information content (AvgIpc) is 2.28. The number of hydrogen-bond donors (Lipinski definition) is 2. The lowest BCUT2D eigenvalue weighted by atomic mass is 10.1. The number of ether oxygens (including phenoxy) is 1. The molecule has 7 heteroatoms. The Labute approximate surface area is 110 Å². The Bertz CT molecular complexity index is 345. The van der Waals surface area contributed by atoms with E-state index in [0.717, 1.165) is 13.1 Å². The van der Waals surface area contributed by atoms with Gasteiger partial charge in [0, 0.05) is 31.4 Å². The van der Waals surface area contributed by atoms with Crippen molar-refractivity contribution in [3.8, 4) is 0 Å². The first-order valence-electron chi connectivity index (χ1n) is 6.33. The molecule has 6 nitrogen and oxygen atoms in total. The minimum Gasteiger partial charge on any atom is -0.374 e. The van der Waals surface area contributed by atoms with Crippen LogP contribution in [0.3, 0.4) is 0 Å². The predicted molar refractivity (Wildman–Crippen MR) is 71.9 cm³/mol. The van der Waals surface area contributed by atoms with Crippen molar-refractivity contribution in [2.24, 2.45) is 5.84 Å². The van der Waals surface area contributed by atoms with Crippen LogP contribution in [0.1, 0.15) is 20.3 Å². The summed E-state index contributed by atoms with van der Waals surface area (Å²) in [5.74, 6) is 5.64. The van der Waals surface area contributed by atoms with Crippen LogP contribution >= 0.6 is 0 Å². The topological polar surface area (TPSA) is 84.7 Å². The molecular weight excluding hydrogens is 254 g/mol. The quantitative estimate of drug-likeness (QED) is 0.497. The molecule has 1 aliphatic heterocycles. The second kappa shape index (κ2) is 6.81. The van der Waals surface area contributed by atoms with Crippen molar-refractivity contribution in [2.75, 3.05) is 31.7 Å². The van der Waals surface area contributed by atoms with Crippen LogP contribution in [0.2, 0.25) is 0 Å². The van der Waals surface area contributed by atoms with E-state index in [4.69, 9.17) is 10.6 Å². The number of nitrogens with one attached hydrogen (secondary N) is 1. The van der Waals surface area contributed by atoms with Gasteiger partial charge in [0.25, 0.3) is 0 Å². The second-order valence-corrected chi connectivity index (χ2v) is 7.45. The first kappa shape index (κ1) is 15.8. The highest BCUT2D eigenvalue weighted by Crippen LogP contribution is 2.14. The van der Waals surface area contributed by atoms with Gasteiger partial charge in [-0.05, 0) is 20.3 Å². The Morgan fingerprint density at radius 1 is 1.50 bits per heavy atom. The number of hydrazine groups is 1. The van der Waals surface area contributed by atoms with Crippen LogP contribution in [0.5, 0.6) is 0 Å².